The van der Waals surface area contributed by atoms with Gasteiger partial charge in [0.25, 0.3) is 0 Å². The zero-order valence-electron chi connectivity index (χ0n) is 14.3. The third-order valence-electron chi connectivity index (χ3n) is 3.99. The van der Waals surface area contributed by atoms with Gasteiger partial charge in [-0.1, -0.05) is 6.07 Å². The Labute approximate surface area is 150 Å². The first-order valence-electron chi connectivity index (χ1n) is 7.85. The Balaban J connectivity index is 1.93. The Morgan fingerprint density at radius 1 is 1.40 bits per heavy atom. The number of benzene rings is 1. The monoisotopic (exact) mass is 384 g/mol. The first-order chi connectivity index (χ1) is 11.9. The van der Waals surface area contributed by atoms with Crippen LogP contribution < -0.4 is 10.1 Å². The van der Waals surface area contributed by atoms with E-state index in [4.69, 9.17) is 13.8 Å². The molecular weight excluding hydrogens is 363 g/mol. The number of thiazole rings is 1. The predicted octanol–water partition coefficient (Wildman–Crippen LogP) is 3.87. The smallest absolute Gasteiger partial charge is 0.340 e. The zero-order valence-corrected chi connectivity index (χ0v) is 16.0. The van der Waals surface area contributed by atoms with Crippen LogP contribution in [0.1, 0.15) is 21.8 Å². The molecule has 0 amide bonds. The van der Waals surface area contributed by atoms with Crippen LogP contribution in [0.25, 0.3) is 0 Å². The molecule has 0 spiro atoms. The number of ether oxygens (including phenoxy) is 1. The maximum Gasteiger partial charge on any atom is 0.340 e. The van der Waals surface area contributed by atoms with Crippen LogP contribution in [0.3, 0.4) is 0 Å². The number of rotatable bonds is 6. The van der Waals surface area contributed by atoms with Crippen LogP contribution in [-0.2, 0) is 13.6 Å². The Morgan fingerprint density at radius 2 is 2.12 bits per heavy atom. The standard InChI is InChI=1S/C16H21N2O5PS/c1-10-6-12(7-13(21-3)16(10)19)14(24(20)22-4-5-23-24)8-18-15-9-17-11(2)25-15/h6-7,9,14,18-19H,4-5,8H2,1-3H3. The number of aromatic hydroxyl groups is 1. The van der Waals surface area contributed by atoms with Crippen molar-refractivity contribution in [3.8, 4) is 11.5 Å². The molecule has 1 fully saturated rings. The molecule has 7 nitrogen and oxygen atoms in total. The second-order valence-corrected chi connectivity index (χ2v) is 9.19. The van der Waals surface area contributed by atoms with Gasteiger partial charge in [0, 0.05) is 6.54 Å². The number of aryl methyl sites for hydroxylation is 2. The normalized spacial score (nSPS) is 17.4. The van der Waals surface area contributed by atoms with Gasteiger partial charge in [-0.3, -0.25) is 4.57 Å². The number of anilines is 1. The van der Waals surface area contributed by atoms with Gasteiger partial charge < -0.3 is 24.2 Å². The van der Waals surface area contributed by atoms with E-state index in [0.717, 1.165) is 15.6 Å². The number of aromatic nitrogens is 1. The van der Waals surface area contributed by atoms with Crippen LogP contribution in [0.5, 0.6) is 11.5 Å². The Kier molecular flexibility index (Phi) is 5.34. The van der Waals surface area contributed by atoms with Crippen molar-refractivity contribution in [3.63, 3.8) is 0 Å². The molecule has 25 heavy (non-hydrogen) atoms. The topological polar surface area (TPSA) is 89.9 Å². The second-order valence-electron chi connectivity index (χ2n) is 5.74. The molecule has 0 aliphatic carbocycles. The maximum absolute atomic E-state index is 13.1. The molecule has 2 N–H and O–H groups in total. The maximum atomic E-state index is 13.1. The van der Waals surface area contributed by atoms with Crippen molar-refractivity contribution in [3.05, 3.63) is 34.5 Å². The average molecular weight is 384 g/mol. The lowest BCUT2D eigenvalue weighted by Crippen LogP contribution is -2.13. The van der Waals surface area contributed by atoms with Gasteiger partial charge in [0.15, 0.2) is 11.5 Å². The number of nitrogens with one attached hydrogen (secondary N) is 1. The molecular formula is C16H21N2O5PS. The minimum absolute atomic E-state index is 0.0718. The molecule has 0 saturated carbocycles. The number of nitrogens with zero attached hydrogens (tertiary/aromatic N) is 1. The molecule has 1 aromatic heterocycles. The minimum atomic E-state index is -3.31. The third-order valence-corrected chi connectivity index (χ3v) is 7.19. The van der Waals surface area contributed by atoms with Gasteiger partial charge in [-0.2, -0.15) is 0 Å². The van der Waals surface area contributed by atoms with Crippen molar-refractivity contribution in [1.82, 2.24) is 4.98 Å². The summed E-state index contributed by atoms with van der Waals surface area (Å²) in [6.07, 6.45) is 1.74. The summed E-state index contributed by atoms with van der Waals surface area (Å²) in [7, 11) is -1.83. The third kappa shape index (κ3) is 3.82. The predicted molar refractivity (Wildman–Crippen MR) is 97.0 cm³/mol. The molecule has 0 bridgehead atoms. The number of methoxy groups -OCH3 is 1. The van der Waals surface area contributed by atoms with Crippen molar-refractivity contribution in [1.29, 1.82) is 0 Å². The van der Waals surface area contributed by atoms with E-state index in [1.165, 1.54) is 18.4 Å². The summed E-state index contributed by atoms with van der Waals surface area (Å²) in [5, 5.41) is 15.2. The van der Waals surface area contributed by atoms with Crippen molar-refractivity contribution in [2.45, 2.75) is 19.5 Å². The highest BCUT2D eigenvalue weighted by molar-refractivity contribution is 7.54. The highest BCUT2D eigenvalue weighted by atomic mass is 32.1. The molecule has 0 radical (unpaired) electrons. The van der Waals surface area contributed by atoms with Gasteiger partial charge in [-0.05, 0) is 31.0 Å². The lowest BCUT2D eigenvalue weighted by Gasteiger charge is -2.24. The summed E-state index contributed by atoms with van der Waals surface area (Å²) < 4.78 is 29.3. The fourth-order valence-corrected chi connectivity index (χ4v) is 5.33. The van der Waals surface area contributed by atoms with Crippen LogP contribution in [-0.4, -0.2) is 37.0 Å². The van der Waals surface area contributed by atoms with Gasteiger partial charge in [0.2, 0.25) is 0 Å². The Bertz CT molecular complexity index is 800. The van der Waals surface area contributed by atoms with Crippen molar-refractivity contribution < 1.29 is 23.5 Å². The van der Waals surface area contributed by atoms with Crippen LogP contribution in [0.2, 0.25) is 0 Å². The summed E-state index contributed by atoms with van der Waals surface area (Å²) >= 11 is 1.52. The zero-order chi connectivity index (χ0) is 18.0. The Hall–Kier alpha value is -1.60. The summed E-state index contributed by atoms with van der Waals surface area (Å²) in [5.41, 5.74) is 0.843. The number of hydrogen-bond donors (Lipinski definition) is 2. The number of hydrogen-bond acceptors (Lipinski definition) is 8. The van der Waals surface area contributed by atoms with E-state index in [9.17, 15) is 9.67 Å². The van der Waals surface area contributed by atoms with Crippen molar-refractivity contribution >= 4 is 23.9 Å². The molecule has 1 unspecified atom stereocenters. The largest absolute Gasteiger partial charge is 0.504 e. The minimum Gasteiger partial charge on any atom is -0.504 e. The average Bonchev–Trinajstić information content (AvgIpc) is 3.20. The summed E-state index contributed by atoms with van der Waals surface area (Å²) in [5.74, 6) is 0.405. The summed E-state index contributed by atoms with van der Waals surface area (Å²) in [6.45, 7) is 4.66. The molecule has 1 atom stereocenters. The quantitative estimate of drug-likeness (QED) is 0.731. The molecule has 136 valence electrons. The van der Waals surface area contributed by atoms with E-state index < -0.39 is 13.3 Å². The molecule has 1 aromatic carbocycles. The lowest BCUT2D eigenvalue weighted by molar-refractivity contribution is 0.339. The van der Waals surface area contributed by atoms with Gasteiger partial charge in [0.05, 0.1) is 31.5 Å². The lowest BCUT2D eigenvalue weighted by atomic mass is 10.1. The summed E-state index contributed by atoms with van der Waals surface area (Å²) in [6, 6.07) is 3.46. The van der Waals surface area contributed by atoms with E-state index in [1.807, 2.05) is 6.92 Å². The molecule has 1 aliphatic heterocycles. The van der Waals surface area contributed by atoms with Gasteiger partial charge in [-0.25, -0.2) is 4.98 Å². The molecule has 9 heteroatoms. The van der Waals surface area contributed by atoms with E-state index in [2.05, 4.69) is 10.3 Å². The van der Waals surface area contributed by atoms with Crippen LogP contribution >= 0.6 is 18.9 Å². The second kappa shape index (κ2) is 7.33. The van der Waals surface area contributed by atoms with E-state index in [0.29, 0.717) is 31.1 Å². The SMILES string of the molecule is COc1cc(C(CNc2cnc(C)s2)P2(=O)OCCO2)cc(C)c1O. The number of phenolic OH excluding ortho intramolecular Hbond substituents is 1. The van der Waals surface area contributed by atoms with Gasteiger partial charge in [0.1, 0.15) is 10.7 Å². The van der Waals surface area contributed by atoms with Crippen molar-refractivity contribution in [2.75, 3.05) is 32.2 Å². The van der Waals surface area contributed by atoms with Gasteiger partial charge >= 0.3 is 7.60 Å². The van der Waals surface area contributed by atoms with E-state index in [-0.39, 0.29) is 5.75 Å². The first kappa shape index (κ1) is 18.2. The van der Waals surface area contributed by atoms with E-state index >= 15 is 0 Å². The summed E-state index contributed by atoms with van der Waals surface area (Å²) in [4.78, 5) is 4.21. The fraction of sp³-hybridized carbons (Fsp3) is 0.438. The first-order valence-corrected chi connectivity index (χ1v) is 10.3. The highest BCUT2D eigenvalue weighted by Gasteiger charge is 2.41. The molecule has 2 aromatic rings. The van der Waals surface area contributed by atoms with Gasteiger partial charge in [-0.15, -0.1) is 11.3 Å². The van der Waals surface area contributed by atoms with E-state index in [1.54, 1.807) is 25.3 Å². The molecule has 1 aliphatic rings. The molecule has 2 heterocycles. The van der Waals surface area contributed by atoms with Crippen LogP contribution in [0.4, 0.5) is 5.00 Å². The van der Waals surface area contributed by atoms with Crippen molar-refractivity contribution in [2.24, 2.45) is 0 Å². The molecule has 3 rings (SSSR count). The fourth-order valence-electron chi connectivity index (χ4n) is 2.72. The highest BCUT2D eigenvalue weighted by Crippen LogP contribution is 2.63. The molecule has 1 saturated heterocycles. The Morgan fingerprint density at radius 3 is 2.72 bits per heavy atom. The number of phenols is 1. The van der Waals surface area contributed by atoms with Crippen LogP contribution in [0, 0.1) is 13.8 Å². The van der Waals surface area contributed by atoms with Crippen LogP contribution in [0.15, 0.2) is 18.3 Å².